The summed E-state index contributed by atoms with van der Waals surface area (Å²) in [6.07, 6.45) is 1.17. The Labute approximate surface area is 238 Å². The number of nitrogens with zero attached hydrogens (tertiary/aromatic N) is 2. The van der Waals surface area contributed by atoms with Crippen LogP contribution in [-0.4, -0.2) is 20.9 Å². The van der Waals surface area contributed by atoms with Crippen LogP contribution in [0.2, 0.25) is 0 Å². The Bertz CT molecular complexity index is 1480. The molecule has 5 aromatic rings. The summed E-state index contributed by atoms with van der Waals surface area (Å²) >= 11 is 0. The number of benzene rings is 3. The predicted octanol–water partition coefficient (Wildman–Crippen LogP) is 7.90. The predicted molar refractivity (Wildman–Crippen MR) is 151 cm³/mol. The first-order chi connectivity index (χ1) is 17.8. The number of carbonyl (C=O) groups excluding carboxylic acids is 1. The molecule has 0 saturated carbocycles. The minimum atomic E-state index is -0.125. The van der Waals surface area contributed by atoms with Gasteiger partial charge in [0.25, 0.3) is 0 Å². The van der Waals surface area contributed by atoms with E-state index in [0.717, 1.165) is 33.7 Å². The number of carbonyl (C=O) groups is 1. The second-order valence-electron chi connectivity index (χ2n) is 8.51. The van der Waals surface area contributed by atoms with E-state index >= 15 is 0 Å². The first-order valence-electron chi connectivity index (χ1n) is 11.9. The molecule has 4 nitrogen and oxygen atoms in total. The number of aliphatic hydroxyl groups excluding tert-OH is 1. The van der Waals surface area contributed by atoms with E-state index in [-0.39, 0.29) is 31.6 Å². The number of ketones is 1. The molecule has 1 radical (unpaired) electrons. The molecule has 2 aromatic heterocycles. The van der Waals surface area contributed by atoms with Gasteiger partial charge in [-0.1, -0.05) is 36.4 Å². The second kappa shape index (κ2) is 15.4. The molecule has 0 aliphatic heterocycles. The van der Waals surface area contributed by atoms with E-state index in [4.69, 9.17) is 5.11 Å². The third-order valence-electron chi connectivity index (χ3n) is 5.12. The topological polar surface area (TPSA) is 63.1 Å². The van der Waals surface area contributed by atoms with Crippen LogP contribution in [0.1, 0.15) is 25.1 Å². The fraction of sp³-hybridized carbons (Fsp3) is 0.121. The number of aromatic nitrogens is 2. The van der Waals surface area contributed by atoms with Crippen molar-refractivity contribution >= 4 is 16.7 Å². The first kappa shape index (κ1) is 30.3. The van der Waals surface area contributed by atoms with Crippen molar-refractivity contribution in [2.24, 2.45) is 0 Å². The minimum absolute atomic E-state index is 0. The van der Waals surface area contributed by atoms with Crippen LogP contribution in [0.25, 0.3) is 33.4 Å². The number of rotatable bonds is 3. The van der Waals surface area contributed by atoms with Gasteiger partial charge in [0, 0.05) is 31.9 Å². The Hall–Kier alpha value is -3.92. The summed E-state index contributed by atoms with van der Waals surface area (Å²) in [5.41, 5.74) is 7.36. The van der Waals surface area contributed by atoms with Crippen LogP contribution < -0.4 is 0 Å². The van der Waals surface area contributed by atoms with E-state index in [2.05, 4.69) is 53.3 Å². The quantitative estimate of drug-likeness (QED) is 0.120. The molecule has 5 heteroatoms. The van der Waals surface area contributed by atoms with Gasteiger partial charge in [0.05, 0.1) is 11.3 Å². The maximum Gasteiger partial charge on any atom is 0.155 e. The number of fused-ring (bicyclic) bond motifs is 1. The van der Waals surface area contributed by atoms with Crippen LogP contribution in [0, 0.1) is 26.0 Å². The van der Waals surface area contributed by atoms with Crippen molar-refractivity contribution in [3.05, 3.63) is 132 Å². The molecule has 0 bridgehead atoms. The molecular weight excluding hydrogens is 649 g/mol. The maximum absolute atomic E-state index is 10.0. The molecule has 2 heterocycles. The van der Waals surface area contributed by atoms with Gasteiger partial charge in [-0.25, -0.2) is 0 Å². The monoisotopic (exact) mass is 679 g/mol. The van der Waals surface area contributed by atoms with Gasteiger partial charge in [-0.2, -0.15) is 0 Å². The van der Waals surface area contributed by atoms with Crippen molar-refractivity contribution in [1.29, 1.82) is 0 Å². The number of allylic oxidation sites excluding steroid dienone is 2. The summed E-state index contributed by atoms with van der Waals surface area (Å²) in [6, 6.07) is 38.6. The Kier molecular flexibility index (Phi) is 12.2. The molecule has 0 aliphatic carbocycles. The molecule has 0 spiro atoms. The molecule has 0 aliphatic rings. The van der Waals surface area contributed by atoms with Gasteiger partial charge in [-0.15, -0.1) is 71.8 Å². The van der Waals surface area contributed by atoms with Gasteiger partial charge in [0.2, 0.25) is 0 Å². The Morgan fingerprint density at radius 1 is 0.763 bits per heavy atom. The number of hydrogen-bond donors (Lipinski definition) is 1. The van der Waals surface area contributed by atoms with E-state index in [1.54, 1.807) is 0 Å². The average Bonchev–Trinajstić information content (AvgIpc) is 2.89. The summed E-state index contributed by atoms with van der Waals surface area (Å²) in [5.74, 6) is -0.0625. The van der Waals surface area contributed by atoms with Crippen molar-refractivity contribution in [3.8, 4) is 22.5 Å². The summed E-state index contributed by atoms with van der Waals surface area (Å²) < 4.78 is 0. The van der Waals surface area contributed by atoms with Crippen LogP contribution in [0.15, 0.2) is 109 Å². The first-order valence-corrected chi connectivity index (χ1v) is 11.9. The Balaban J connectivity index is 0.000000216. The number of aliphatic hydroxyl groups is 1. The fourth-order valence-electron chi connectivity index (χ4n) is 3.47. The smallest absolute Gasteiger partial charge is 0.155 e. The second-order valence-corrected chi connectivity index (χ2v) is 8.51. The average molecular weight is 679 g/mol. The van der Waals surface area contributed by atoms with E-state index in [1.807, 2.05) is 79.7 Å². The SMILES string of the molecule is CC(=O)/C=C(/C)O.Cc1ccc2ccc(-c3[c-]cccc3)nc2c1.Cc1cccc(-c2[c-]cccc2)n1.[Ir]. The van der Waals surface area contributed by atoms with Crippen LogP contribution in [0.3, 0.4) is 0 Å². The van der Waals surface area contributed by atoms with Crippen LogP contribution in [-0.2, 0) is 24.9 Å². The fourth-order valence-corrected chi connectivity index (χ4v) is 3.47. The van der Waals surface area contributed by atoms with Crippen molar-refractivity contribution in [2.75, 3.05) is 0 Å². The van der Waals surface area contributed by atoms with Crippen molar-refractivity contribution in [2.45, 2.75) is 27.7 Å². The van der Waals surface area contributed by atoms with Crippen LogP contribution in [0.4, 0.5) is 0 Å². The van der Waals surface area contributed by atoms with E-state index < -0.39 is 0 Å². The van der Waals surface area contributed by atoms with Gasteiger partial charge in [-0.05, 0) is 62.2 Å². The minimum Gasteiger partial charge on any atom is -0.512 e. The van der Waals surface area contributed by atoms with Crippen molar-refractivity contribution in [3.63, 3.8) is 0 Å². The van der Waals surface area contributed by atoms with Gasteiger partial charge in [0.15, 0.2) is 5.78 Å². The standard InChI is InChI=1S/C16H12N.C12H10N.C5H8O2.Ir/c1-12-7-8-14-9-10-15(17-16(14)11-12)13-5-3-2-4-6-13;1-10-6-5-9-12(13-10)11-7-3-2-4-8-11;1-4(6)3-5(2)7;/h2-5,7-11H,1H3;2-7,9H,1H3;3,6H,1-2H3;/q2*-1;;/b;;4-3-;. The summed E-state index contributed by atoms with van der Waals surface area (Å²) in [6.45, 7) is 6.93. The molecule has 3 aromatic carbocycles. The molecule has 0 fully saturated rings. The molecule has 0 amide bonds. The van der Waals surface area contributed by atoms with E-state index in [0.29, 0.717) is 0 Å². The van der Waals surface area contributed by atoms with Crippen LogP contribution in [0.5, 0.6) is 0 Å². The normalized spacial score (nSPS) is 10.3. The van der Waals surface area contributed by atoms with Gasteiger partial charge >= 0.3 is 0 Å². The van der Waals surface area contributed by atoms with E-state index in [9.17, 15) is 4.79 Å². The zero-order valence-electron chi connectivity index (χ0n) is 21.9. The molecule has 0 unspecified atom stereocenters. The Morgan fingerprint density at radius 3 is 1.87 bits per heavy atom. The summed E-state index contributed by atoms with van der Waals surface area (Å²) in [7, 11) is 0. The summed E-state index contributed by atoms with van der Waals surface area (Å²) in [5, 5.41) is 9.54. The molecule has 38 heavy (non-hydrogen) atoms. The molecule has 0 atom stereocenters. The van der Waals surface area contributed by atoms with Gasteiger partial charge in [-0.3, -0.25) is 9.78 Å². The number of pyridine rings is 2. The Morgan fingerprint density at radius 2 is 1.37 bits per heavy atom. The largest absolute Gasteiger partial charge is 0.512 e. The van der Waals surface area contributed by atoms with Gasteiger partial charge < -0.3 is 10.1 Å². The van der Waals surface area contributed by atoms with Crippen LogP contribution >= 0.6 is 0 Å². The van der Waals surface area contributed by atoms with Gasteiger partial charge in [0.1, 0.15) is 0 Å². The molecule has 5 rings (SSSR count). The van der Waals surface area contributed by atoms with E-state index in [1.165, 1.54) is 30.9 Å². The molecule has 1 N–H and O–H groups in total. The zero-order valence-corrected chi connectivity index (χ0v) is 24.3. The maximum atomic E-state index is 10.0. The third kappa shape index (κ3) is 9.85. The molecule has 195 valence electrons. The molecule has 0 saturated heterocycles. The molecular formula is C33H30IrN2O2-2. The number of hydrogen-bond acceptors (Lipinski definition) is 4. The summed E-state index contributed by atoms with van der Waals surface area (Å²) in [4.78, 5) is 19.1. The van der Waals surface area contributed by atoms with Crippen molar-refractivity contribution < 1.29 is 30.0 Å². The van der Waals surface area contributed by atoms with Crippen molar-refractivity contribution in [1.82, 2.24) is 9.97 Å². The zero-order chi connectivity index (χ0) is 26.6. The third-order valence-corrected chi connectivity index (χ3v) is 5.12. The number of aryl methyl sites for hydroxylation is 2.